The van der Waals surface area contributed by atoms with E-state index in [0.717, 1.165) is 22.0 Å². The fraction of sp³-hybridized carbons (Fsp3) is 0.273. The highest BCUT2D eigenvalue weighted by atomic mass is 31.0. The maximum absolute atomic E-state index is 12.6. The van der Waals surface area contributed by atoms with Crippen molar-refractivity contribution in [1.82, 2.24) is 25.3 Å². The molecule has 0 aromatic carbocycles. The third kappa shape index (κ3) is 5.42. The van der Waals surface area contributed by atoms with Crippen LogP contribution in [0.1, 0.15) is 28.7 Å². The molecule has 10 heteroatoms. The third-order valence-electron chi connectivity index (χ3n) is 4.69. The van der Waals surface area contributed by atoms with Gasteiger partial charge in [-0.3, -0.25) is 19.5 Å². The lowest BCUT2D eigenvalue weighted by Gasteiger charge is -2.18. The molecular formula is C22H25N6O3P. The molecule has 0 saturated heterocycles. The van der Waals surface area contributed by atoms with Crippen molar-refractivity contribution >= 4 is 32.2 Å². The van der Waals surface area contributed by atoms with Gasteiger partial charge in [0.1, 0.15) is 6.61 Å². The summed E-state index contributed by atoms with van der Waals surface area (Å²) in [7, 11) is 4.25. The predicted octanol–water partition coefficient (Wildman–Crippen LogP) is 1.84. The van der Waals surface area contributed by atoms with Crippen molar-refractivity contribution in [3.8, 4) is 17.0 Å². The summed E-state index contributed by atoms with van der Waals surface area (Å²) in [6, 6.07) is 3.65. The van der Waals surface area contributed by atoms with Crippen LogP contribution < -0.4 is 20.3 Å². The van der Waals surface area contributed by atoms with Gasteiger partial charge in [0.05, 0.1) is 12.2 Å². The first-order valence-corrected chi connectivity index (χ1v) is 10.5. The number of amides is 2. The zero-order chi connectivity index (χ0) is 23.3. The zero-order valence-electron chi connectivity index (χ0n) is 18.4. The highest BCUT2D eigenvalue weighted by Gasteiger charge is 2.16. The number of nitrogens with one attached hydrogen (secondary N) is 1. The molecule has 3 heterocycles. The van der Waals surface area contributed by atoms with E-state index in [4.69, 9.17) is 4.74 Å². The monoisotopic (exact) mass is 452 g/mol. The summed E-state index contributed by atoms with van der Waals surface area (Å²) in [5.74, 6) is 0.399. The van der Waals surface area contributed by atoms with Gasteiger partial charge in [0.25, 0.3) is 5.91 Å². The maximum atomic E-state index is 12.6. The van der Waals surface area contributed by atoms with Crippen molar-refractivity contribution in [1.29, 1.82) is 0 Å². The Labute approximate surface area is 188 Å². The van der Waals surface area contributed by atoms with Crippen LogP contribution in [0.3, 0.4) is 0 Å². The maximum Gasteiger partial charge on any atom is 0.289 e. The van der Waals surface area contributed by atoms with Gasteiger partial charge in [-0.25, -0.2) is 15.0 Å². The van der Waals surface area contributed by atoms with Crippen LogP contribution in [0.25, 0.3) is 11.3 Å². The van der Waals surface area contributed by atoms with Crippen molar-refractivity contribution in [3.05, 3.63) is 53.9 Å². The molecular weight excluding hydrogens is 427 g/mol. The van der Waals surface area contributed by atoms with E-state index in [1.807, 2.05) is 19.9 Å². The van der Waals surface area contributed by atoms with Gasteiger partial charge in [-0.05, 0) is 42.4 Å². The molecule has 1 unspecified atom stereocenters. The topological polar surface area (TPSA) is 110 Å². The normalized spacial score (nSPS) is 10.5. The molecule has 2 amide bonds. The Bertz CT molecular complexity index is 1150. The average Bonchev–Trinajstić information content (AvgIpc) is 2.77. The van der Waals surface area contributed by atoms with Crippen LogP contribution in [0.2, 0.25) is 0 Å². The first kappa shape index (κ1) is 23.2. The lowest BCUT2D eigenvalue weighted by atomic mass is 10.1. The molecule has 0 aliphatic carbocycles. The molecule has 0 aliphatic heterocycles. The lowest BCUT2D eigenvalue weighted by molar-refractivity contribution is -0.116. The second kappa shape index (κ2) is 10.2. The number of nitrogens with zero attached hydrogens (tertiary/aromatic N) is 5. The number of carbonyl (C=O) groups is 2. The van der Waals surface area contributed by atoms with Crippen LogP contribution in [0.15, 0.2) is 36.9 Å². The van der Waals surface area contributed by atoms with Gasteiger partial charge in [-0.15, -0.1) is 9.24 Å². The Hall–Kier alpha value is -3.45. The first-order chi connectivity index (χ1) is 15.3. The average molecular weight is 452 g/mol. The number of carbonyl (C=O) groups excluding carboxylic acids is 2. The van der Waals surface area contributed by atoms with E-state index in [1.165, 1.54) is 11.8 Å². The fourth-order valence-corrected chi connectivity index (χ4v) is 3.21. The number of aryl methyl sites for hydroxylation is 2. The first-order valence-electron chi connectivity index (χ1n) is 9.93. The molecule has 0 spiro atoms. The minimum Gasteiger partial charge on any atom is -0.488 e. The Balaban J connectivity index is 1.66. The largest absolute Gasteiger partial charge is 0.488 e. The summed E-state index contributed by atoms with van der Waals surface area (Å²) in [5.41, 5.74) is 3.30. The zero-order valence-corrected chi connectivity index (χ0v) is 19.6. The number of pyridine rings is 2. The Morgan fingerprint density at radius 3 is 2.69 bits per heavy atom. The number of ether oxygens (including phenoxy) is 1. The van der Waals surface area contributed by atoms with E-state index in [2.05, 4.69) is 34.5 Å². The van der Waals surface area contributed by atoms with Crippen molar-refractivity contribution in [2.24, 2.45) is 0 Å². The number of aromatic nitrogens is 4. The molecule has 0 fully saturated rings. The van der Waals surface area contributed by atoms with Gasteiger partial charge in [-0.1, -0.05) is 0 Å². The number of rotatable bonds is 7. The summed E-state index contributed by atoms with van der Waals surface area (Å²) in [6.07, 6.45) is 6.69. The molecule has 1 N–H and O–H groups in total. The minimum absolute atomic E-state index is 0.0704. The van der Waals surface area contributed by atoms with Crippen LogP contribution in [-0.4, -0.2) is 51.9 Å². The van der Waals surface area contributed by atoms with Gasteiger partial charge >= 0.3 is 0 Å². The Kier molecular flexibility index (Phi) is 7.43. The van der Waals surface area contributed by atoms with Crippen LogP contribution in [0.5, 0.6) is 5.75 Å². The molecule has 1 atom stereocenters. The van der Waals surface area contributed by atoms with E-state index < -0.39 is 5.91 Å². The second-order valence-corrected chi connectivity index (χ2v) is 7.83. The summed E-state index contributed by atoms with van der Waals surface area (Å²) in [4.78, 5) is 42.6. The van der Waals surface area contributed by atoms with Crippen LogP contribution >= 0.6 is 9.24 Å². The predicted molar refractivity (Wildman–Crippen MR) is 125 cm³/mol. The third-order valence-corrected chi connectivity index (χ3v) is 5.15. The molecule has 3 aromatic rings. The fourth-order valence-electron chi connectivity index (χ4n) is 2.89. The van der Waals surface area contributed by atoms with Gasteiger partial charge in [0.2, 0.25) is 11.7 Å². The van der Waals surface area contributed by atoms with E-state index in [-0.39, 0.29) is 24.9 Å². The van der Waals surface area contributed by atoms with Crippen molar-refractivity contribution < 1.29 is 14.3 Å². The summed E-state index contributed by atoms with van der Waals surface area (Å²) >= 11 is 0. The Morgan fingerprint density at radius 1 is 1.19 bits per heavy atom. The molecule has 32 heavy (non-hydrogen) atoms. The molecule has 166 valence electrons. The quantitative estimate of drug-likeness (QED) is 0.430. The molecule has 0 saturated carbocycles. The standard InChI is InChI=1S/C22H25N6O3P/c1-13-9-17(21(26-10-13)28(4)15(3)29)31-8-7-24-22(30)20-25-11-14(2)19(27-20)16-5-6-23-12-18(16)32/h5-6,9-12H,7-8,32H2,1-4H3,(H,24,30). The number of anilines is 1. The molecule has 3 aromatic heterocycles. The highest BCUT2D eigenvalue weighted by Crippen LogP contribution is 2.26. The van der Waals surface area contributed by atoms with E-state index in [1.54, 1.807) is 37.9 Å². The summed E-state index contributed by atoms with van der Waals surface area (Å²) < 4.78 is 5.78. The molecule has 0 bridgehead atoms. The van der Waals surface area contributed by atoms with Crippen LogP contribution in [0, 0.1) is 13.8 Å². The van der Waals surface area contributed by atoms with Gasteiger partial charge in [0.15, 0.2) is 11.6 Å². The van der Waals surface area contributed by atoms with Crippen molar-refractivity contribution in [3.63, 3.8) is 0 Å². The van der Waals surface area contributed by atoms with E-state index in [9.17, 15) is 9.59 Å². The van der Waals surface area contributed by atoms with Crippen molar-refractivity contribution in [2.75, 3.05) is 25.1 Å². The number of hydrogen-bond donors (Lipinski definition) is 1. The summed E-state index contributed by atoms with van der Waals surface area (Å²) in [5, 5.41) is 3.64. The van der Waals surface area contributed by atoms with Gasteiger partial charge in [-0.2, -0.15) is 0 Å². The van der Waals surface area contributed by atoms with Gasteiger partial charge in [0, 0.05) is 44.3 Å². The molecule has 0 radical (unpaired) electrons. The molecule has 3 rings (SSSR count). The smallest absolute Gasteiger partial charge is 0.289 e. The van der Waals surface area contributed by atoms with E-state index in [0.29, 0.717) is 17.3 Å². The molecule has 9 nitrogen and oxygen atoms in total. The van der Waals surface area contributed by atoms with Crippen LogP contribution in [-0.2, 0) is 4.79 Å². The Morgan fingerprint density at radius 2 is 1.97 bits per heavy atom. The number of hydrogen-bond acceptors (Lipinski definition) is 7. The van der Waals surface area contributed by atoms with Gasteiger partial charge < -0.3 is 10.1 Å². The second-order valence-electron chi connectivity index (χ2n) is 7.20. The summed E-state index contributed by atoms with van der Waals surface area (Å²) in [6.45, 7) is 5.64. The highest BCUT2D eigenvalue weighted by molar-refractivity contribution is 7.27. The van der Waals surface area contributed by atoms with Crippen molar-refractivity contribution in [2.45, 2.75) is 20.8 Å². The minimum atomic E-state index is -0.405. The SMILES string of the molecule is CC(=O)N(C)c1ncc(C)cc1OCCNC(=O)c1ncc(C)c(-c2ccncc2P)n1. The van der Waals surface area contributed by atoms with E-state index >= 15 is 0 Å². The van der Waals surface area contributed by atoms with Crippen LogP contribution in [0.4, 0.5) is 5.82 Å². The lowest BCUT2D eigenvalue weighted by Crippen LogP contribution is -2.30. The molecule has 0 aliphatic rings.